The van der Waals surface area contributed by atoms with Gasteiger partial charge in [-0.25, -0.2) is 0 Å². The summed E-state index contributed by atoms with van der Waals surface area (Å²) in [5.41, 5.74) is 0.385. The fourth-order valence-corrected chi connectivity index (χ4v) is 4.01. The van der Waals surface area contributed by atoms with Gasteiger partial charge in [0.2, 0.25) is 0 Å². The third-order valence-electron chi connectivity index (χ3n) is 5.88. The molecule has 4 heteroatoms. The van der Waals surface area contributed by atoms with Crippen LogP contribution in [0.5, 0.6) is 0 Å². The van der Waals surface area contributed by atoms with E-state index in [1.807, 2.05) is 37.3 Å². The molecule has 0 amide bonds. The molecule has 4 nitrogen and oxygen atoms in total. The number of aliphatic hydroxyl groups excluding tert-OH is 1. The van der Waals surface area contributed by atoms with Crippen LogP contribution in [0.1, 0.15) is 57.4 Å². The normalized spacial score (nSPS) is 24.2. The van der Waals surface area contributed by atoms with Crippen molar-refractivity contribution in [1.29, 1.82) is 0 Å². The summed E-state index contributed by atoms with van der Waals surface area (Å²) in [5, 5.41) is 21.1. The van der Waals surface area contributed by atoms with Crippen molar-refractivity contribution >= 4 is 5.97 Å². The predicted octanol–water partition coefficient (Wildman–Crippen LogP) is 4.60. The van der Waals surface area contributed by atoms with E-state index in [0.717, 1.165) is 32.1 Å². The van der Waals surface area contributed by atoms with E-state index in [1.165, 1.54) is 12.7 Å². The molecule has 2 N–H and O–H groups in total. The first-order valence-electron chi connectivity index (χ1n) is 10.8. The molecule has 29 heavy (non-hydrogen) atoms. The number of benzene rings is 1. The largest absolute Gasteiger partial charge is 0.469 e. The lowest BCUT2D eigenvalue weighted by Gasteiger charge is -2.22. The van der Waals surface area contributed by atoms with Crippen LogP contribution >= 0.6 is 0 Å². The number of esters is 1. The van der Waals surface area contributed by atoms with E-state index in [0.29, 0.717) is 25.2 Å². The molecule has 0 aliphatic heterocycles. The summed E-state index contributed by atoms with van der Waals surface area (Å²) in [7, 11) is 1.40. The summed E-state index contributed by atoms with van der Waals surface area (Å²) in [6, 6.07) is 10.2. The maximum atomic E-state index is 11.1. The molecule has 0 saturated heterocycles. The van der Waals surface area contributed by atoms with E-state index < -0.39 is 5.60 Å². The van der Waals surface area contributed by atoms with Crippen LogP contribution < -0.4 is 0 Å². The van der Waals surface area contributed by atoms with E-state index in [2.05, 4.69) is 29.0 Å². The topological polar surface area (TPSA) is 66.8 Å². The molecule has 1 aliphatic carbocycles. The lowest BCUT2D eigenvalue weighted by atomic mass is 9.87. The molecule has 1 aliphatic rings. The van der Waals surface area contributed by atoms with Gasteiger partial charge in [-0.05, 0) is 69.3 Å². The van der Waals surface area contributed by atoms with Crippen LogP contribution in [0.4, 0.5) is 0 Å². The Balaban J connectivity index is 1.79. The van der Waals surface area contributed by atoms with Gasteiger partial charge >= 0.3 is 5.97 Å². The van der Waals surface area contributed by atoms with Gasteiger partial charge in [0.05, 0.1) is 18.8 Å². The van der Waals surface area contributed by atoms with E-state index in [9.17, 15) is 15.0 Å². The number of ether oxygens (including phenoxy) is 1. The molecule has 160 valence electrons. The number of aryl methyl sites for hydroxylation is 1. The third-order valence-corrected chi connectivity index (χ3v) is 5.88. The Hall–Kier alpha value is -1.91. The van der Waals surface area contributed by atoms with Gasteiger partial charge in [-0.3, -0.25) is 4.79 Å². The Morgan fingerprint density at radius 1 is 1.21 bits per heavy atom. The smallest absolute Gasteiger partial charge is 0.305 e. The molecule has 0 radical (unpaired) electrons. The van der Waals surface area contributed by atoms with Gasteiger partial charge in [-0.1, -0.05) is 54.6 Å². The zero-order valence-electron chi connectivity index (χ0n) is 17.8. The first-order chi connectivity index (χ1) is 13.9. The predicted molar refractivity (Wildman–Crippen MR) is 116 cm³/mol. The Kier molecular flexibility index (Phi) is 9.62. The Labute approximate surface area is 175 Å². The van der Waals surface area contributed by atoms with Gasteiger partial charge in [-0.2, -0.15) is 0 Å². The summed E-state index contributed by atoms with van der Waals surface area (Å²) >= 11 is 0. The average Bonchev–Trinajstić information content (AvgIpc) is 3.08. The Morgan fingerprint density at radius 3 is 2.66 bits per heavy atom. The Morgan fingerprint density at radius 2 is 1.93 bits per heavy atom. The van der Waals surface area contributed by atoms with Crippen molar-refractivity contribution in [3.05, 3.63) is 60.2 Å². The van der Waals surface area contributed by atoms with Gasteiger partial charge in [0, 0.05) is 6.42 Å². The molecule has 0 heterocycles. The number of hydrogen-bond donors (Lipinski definition) is 2. The molecule has 0 bridgehead atoms. The molecule has 1 aromatic carbocycles. The molecule has 2 rings (SSSR count). The van der Waals surface area contributed by atoms with Gasteiger partial charge in [0.1, 0.15) is 0 Å². The van der Waals surface area contributed by atoms with Crippen LogP contribution in [0.15, 0.2) is 54.6 Å². The highest BCUT2D eigenvalue weighted by Gasteiger charge is 2.33. The first kappa shape index (κ1) is 23.4. The lowest BCUT2D eigenvalue weighted by Crippen LogP contribution is -2.23. The zero-order valence-corrected chi connectivity index (χ0v) is 17.8. The van der Waals surface area contributed by atoms with Crippen LogP contribution in [0.3, 0.4) is 0 Å². The second-order valence-electron chi connectivity index (χ2n) is 8.34. The maximum absolute atomic E-state index is 11.1. The summed E-state index contributed by atoms with van der Waals surface area (Å²) in [6.45, 7) is 1.86. The average molecular weight is 401 g/mol. The molecular weight excluding hydrogens is 364 g/mol. The quantitative estimate of drug-likeness (QED) is 0.421. The second kappa shape index (κ2) is 11.9. The molecule has 1 fully saturated rings. The number of carbonyl (C=O) groups excluding carboxylic acids is 1. The van der Waals surface area contributed by atoms with Crippen molar-refractivity contribution in [3.63, 3.8) is 0 Å². The molecule has 0 unspecified atom stereocenters. The number of allylic oxidation sites excluding steroid dienone is 3. The first-order valence-corrected chi connectivity index (χ1v) is 10.8. The minimum absolute atomic E-state index is 0.189. The van der Waals surface area contributed by atoms with Crippen LogP contribution in [0.2, 0.25) is 0 Å². The van der Waals surface area contributed by atoms with Crippen molar-refractivity contribution in [2.24, 2.45) is 11.8 Å². The lowest BCUT2D eigenvalue weighted by molar-refractivity contribution is -0.140. The van der Waals surface area contributed by atoms with E-state index >= 15 is 0 Å². The number of rotatable bonds is 11. The third kappa shape index (κ3) is 8.55. The van der Waals surface area contributed by atoms with Gasteiger partial charge in [0.25, 0.3) is 0 Å². The summed E-state index contributed by atoms with van der Waals surface area (Å²) in [6.07, 6.45) is 14.1. The van der Waals surface area contributed by atoms with Crippen LogP contribution in [0, 0.1) is 11.8 Å². The molecular formula is C25H36O4. The van der Waals surface area contributed by atoms with Crippen molar-refractivity contribution in [1.82, 2.24) is 0 Å². The zero-order chi connectivity index (χ0) is 21.1. The highest BCUT2D eigenvalue weighted by molar-refractivity contribution is 5.69. The number of hydrogen-bond acceptors (Lipinski definition) is 4. The van der Waals surface area contributed by atoms with Gasteiger partial charge in [-0.15, -0.1) is 0 Å². The summed E-state index contributed by atoms with van der Waals surface area (Å²) < 4.78 is 4.63. The minimum atomic E-state index is -0.846. The van der Waals surface area contributed by atoms with Crippen molar-refractivity contribution < 1.29 is 19.7 Å². The van der Waals surface area contributed by atoms with E-state index in [-0.39, 0.29) is 18.0 Å². The highest BCUT2D eigenvalue weighted by atomic mass is 16.5. The van der Waals surface area contributed by atoms with Crippen LogP contribution in [-0.2, 0) is 16.0 Å². The van der Waals surface area contributed by atoms with Crippen LogP contribution in [0.25, 0.3) is 0 Å². The standard InChI is InChI=1S/C25H36O4/c1-25(28,18-16-20-10-6-5-7-11-20)19-17-21-14-15-23(26)22(21)12-8-3-4-9-13-24(27)29-2/h3-7,10-11,17,19,21-23,26,28H,8-9,12-16,18H2,1-2H3/t21-,22-,23+,25-/m1/s1. The minimum Gasteiger partial charge on any atom is -0.469 e. The van der Waals surface area contributed by atoms with E-state index in [1.54, 1.807) is 0 Å². The van der Waals surface area contributed by atoms with Gasteiger partial charge in [0.15, 0.2) is 0 Å². The van der Waals surface area contributed by atoms with Crippen molar-refractivity contribution in [3.8, 4) is 0 Å². The fraction of sp³-hybridized carbons (Fsp3) is 0.560. The van der Waals surface area contributed by atoms with Crippen molar-refractivity contribution in [2.75, 3.05) is 7.11 Å². The summed E-state index contributed by atoms with van der Waals surface area (Å²) in [5.74, 6) is 0.337. The number of carbonyl (C=O) groups is 1. The van der Waals surface area contributed by atoms with Crippen molar-refractivity contribution in [2.45, 2.75) is 70.0 Å². The molecule has 1 saturated carbocycles. The second-order valence-corrected chi connectivity index (χ2v) is 8.34. The molecule has 1 aromatic rings. The fourth-order valence-electron chi connectivity index (χ4n) is 4.01. The number of aliphatic hydroxyl groups is 2. The SMILES string of the molecule is COC(=O)CCC=CCC[C@H]1[C@@H](O)CC[C@@H]1C=C[C@](C)(O)CCc1ccccc1. The monoisotopic (exact) mass is 400 g/mol. The summed E-state index contributed by atoms with van der Waals surface area (Å²) in [4.78, 5) is 11.1. The Bertz CT molecular complexity index is 663. The van der Waals surface area contributed by atoms with Crippen LogP contribution in [-0.4, -0.2) is 35.0 Å². The molecule has 0 aromatic heterocycles. The highest BCUT2D eigenvalue weighted by Crippen LogP contribution is 2.37. The van der Waals surface area contributed by atoms with E-state index in [4.69, 9.17) is 0 Å². The molecule has 4 atom stereocenters. The van der Waals surface area contributed by atoms with Gasteiger partial charge < -0.3 is 14.9 Å². The number of methoxy groups -OCH3 is 1. The molecule has 0 spiro atoms. The maximum Gasteiger partial charge on any atom is 0.305 e.